The summed E-state index contributed by atoms with van der Waals surface area (Å²) in [6, 6.07) is 13.8. The van der Waals surface area contributed by atoms with Gasteiger partial charge in [0.25, 0.3) is 0 Å². The van der Waals surface area contributed by atoms with Crippen molar-refractivity contribution in [2.75, 3.05) is 26.5 Å². The highest BCUT2D eigenvalue weighted by Crippen LogP contribution is 2.22. The van der Waals surface area contributed by atoms with Gasteiger partial charge in [0.05, 0.1) is 17.8 Å². The summed E-state index contributed by atoms with van der Waals surface area (Å²) in [5, 5.41) is 7.07. The summed E-state index contributed by atoms with van der Waals surface area (Å²) >= 11 is 6.27. The number of nitrogens with zero attached hydrogens (tertiary/aromatic N) is 1. The molecule has 2 N–H and O–H groups in total. The zero-order valence-corrected chi connectivity index (χ0v) is 18.6. The van der Waals surface area contributed by atoms with Crippen molar-refractivity contribution in [2.24, 2.45) is 4.99 Å². The zero-order valence-electron chi connectivity index (χ0n) is 17.0. The van der Waals surface area contributed by atoms with Crippen LogP contribution in [-0.4, -0.2) is 46.9 Å². The van der Waals surface area contributed by atoms with E-state index in [1.165, 1.54) is 0 Å². The highest BCUT2D eigenvalue weighted by molar-refractivity contribution is 7.91. The van der Waals surface area contributed by atoms with Gasteiger partial charge in [0.15, 0.2) is 15.8 Å². The third-order valence-electron chi connectivity index (χ3n) is 4.53. The maximum absolute atomic E-state index is 12.6. The third kappa shape index (κ3) is 6.94. The second-order valence-corrected chi connectivity index (χ2v) is 8.99. The Morgan fingerprint density at radius 1 is 1.21 bits per heavy atom. The second-order valence-electron chi connectivity index (χ2n) is 6.55. The number of hydrogen-bond acceptors (Lipinski definition) is 4. The molecule has 0 bridgehead atoms. The first-order valence-corrected chi connectivity index (χ1v) is 11.5. The van der Waals surface area contributed by atoms with Crippen molar-refractivity contribution in [1.82, 2.24) is 10.6 Å². The summed E-state index contributed by atoms with van der Waals surface area (Å²) in [6.07, 6.45) is 1.35. The normalized spacial score (nSPS) is 13.0. The highest BCUT2D eigenvalue weighted by Gasteiger charge is 2.20. The van der Waals surface area contributed by atoms with Crippen LogP contribution < -0.4 is 15.4 Å². The summed E-state index contributed by atoms with van der Waals surface area (Å²) in [4.78, 5) is 4.54. The van der Waals surface area contributed by atoms with Gasteiger partial charge >= 0.3 is 0 Å². The maximum Gasteiger partial charge on any atom is 0.191 e. The first kappa shape index (κ1) is 23.0. The lowest BCUT2D eigenvalue weighted by atomic mass is 10.1. The van der Waals surface area contributed by atoms with E-state index in [0.717, 1.165) is 11.3 Å². The van der Waals surface area contributed by atoms with E-state index in [9.17, 15) is 8.42 Å². The minimum Gasteiger partial charge on any atom is -0.497 e. The topological polar surface area (TPSA) is 79.8 Å². The van der Waals surface area contributed by atoms with Gasteiger partial charge in [-0.25, -0.2) is 8.42 Å². The number of benzene rings is 2. The minimum absolute atomic E-state index is 0.00147. The van der Waals surface area contributed by atoms with Gasteiger partial charge in [0, 0.05) is 24.7 Å². The number of ether oxygens (including phenoxy) is 1. The molecule has 158 valence electrons. The van der Waals surface area contributed by atoms with Gasteiger partial charge in [0.1, 0.15) is 5.75 Å². The molecular weight excluding hydrogens is 410 g/mol. The fourth-order valence-corrected chi connectivity index (χ4v) is 4.69. The van der Waals surface area contributed by atoms with Crippen molar-refractivity contribution < 1.29 is 13.2 Å². The maximum atomic E-state index is 12.6. The summed E-state index contributed by atoms with van der Waals surface area (Å²) in [6.45, 7) is 2.55. The van der Waals surface area contributed by atoms with E-state index in [2.05, 4.69) is 15.6 Å². The van der Waals surface area contributed by atoms with E-state index in [1.807, 2.05) is 19.1 Å². The molecule has 0 aliphatic heterocycles. The van der Waals surface area contributed by atoms with Crippen LogP contribution in [0.3, 0.4) is 0 Å². The lowest BCUT2D eigenvalue weighted by molar-refractivity contribution is 0.414. The van der Waals surface area contributed by atoms with Gasteiger partial charge in [-0.15, -0.1) is 0 Å². The van der Waals surface area contributed by atoms with Gasteiger partial charge < -0.3 is 15.4 Å². The van der Waals surface area contributed by atoms with E-state index < -0.39 is 9.84 Å². The molecule has 0 aliphatic rings. The van der Waals surface area contributed by atoms with Crippen molar-refractivity contribution in [3.05, 3.63) is 59.1 Å². The van der Waals surface area contributed by atoms with E-state index in [-0.39, 0.29) is 11.8 Å². The molecule has 2 rings (SSSR count). The molecule has 1 unspecified atom stereocenters. The number of nitrogens with one attached hydrogen (secondary N) is 2. The smallest absolute Gasteiger partial charge is 0.191 e. The molecule has 0 heterocycles. The summed E-state index contributed by atoms with van der Waals surface area (Å²) < 4.78 is 30.4. The Labute approximate surface area is 178 Å². The van der Waals surface area contributed by atoms with Crippen LogP contribution in [0.1, 0.15) is 18.9 Å². The molecule has 2 aromatic carbocycles. The SMILES string of the molecule is CCC(CS(=O)(=O)c1ccccc1)NC(=NC)NCCc1ccc(OC)cc1Cl. The number of rotatable bonds is 9. The Balaban J connectivity index is 1.92. The van der Waals surface area contributed by atoms with Crippen molar-refractivity contribution >= 4 is 27.4 Å². The van der Waals surface area contributed by atoms with Crippen LogP contribution >= 0.6 is 11.6 Å². The molecule has 0 spiro atoms. The molecule has 0 amide bonds. The first-order chi connectivity index (χ1) is 13.9. The number of aliphatic imine (C=N–C) groups is 1. The summed E-state index contributed by atoms with van der Waals surface area (Å²) in [5.74, 6) is 1.28. The average molecular weight is 438 g/mol. The van der Waals surface area contributed by atoms with E-state index >= 15 is 0 Å². The molecule has 8 heteroatoms. The van der Waals surface area contributed by atoms with Crippen LogP contribution in [0.2, 0.25) is 5.02 Å². The predicted octanol–water partition coefficient (Wildman–Crippen LogP) is 3.31. The van der Waals surface area contributed by atoms with Crippen LogP contribution in [0, 0.1) is 0 Å². The monoisotopic (exact) mass is 437 g/mol. The lowest BCUT2D eigenvalue weighted by Crippen LogP contribution is -2.46. The summed E-state index contributed by atoms with van der Waals surface area (Å²) in [5.41, 5.74) is 0.995. The van der Waals surface area contributed by atoms with Crippen LogP contribution in [0.5, 0.6) is 5.75 Å². The van der Waals surface area contributed by atoms with E-state index in [1.54, 1.807) is 50.6 Å². The van der Waals surface area contributed by atoms with Crippen molar-refractivity contribution in [3.8, 4) is 5.75 Å². The largest absolute Gasteiger partial charge is 0.497 e. The molecule has 0 fully saturated rings. The lowest BCUT2D eigenvalue weighted by Gasteiger charge is -2.20. The van der Waals surface area contributed by atoms with Gasteiger partial charge in [-0.2, -0.15) is 0 Å². The Bertz CT molecular complexity index is 918. The van der Waals surface area contributed by atoms with Gasteiger partial charge in [-0.05, 0) is 42.7 Å². The molecule has 6 nitrogen and oxygen atoms in total. The summed E-state index contributed by atoms with van der Waals surface area (Å²) in [7, 11) is -0.113. The Kier molecular flexibility index (Phi) is 8.79. The molecule has 0 aromatic heterocycles. The molecule has 2 aromatic rings. The Morgan fingerprint density at radius 2 is 1.93 bits per heavy atom. The number of guanidine groups is 1. The second kappa shape index (κ2) is 11.1. The van der Waals surface area contributed by atoms with Gasteiger partial charge in [-0.3, -0.25) is 4.99 Å². The van der Waals surface area contributed by atoms with Crippen LogP contribution in [0.4, 0.5) is 0 Å². The number of methoxy groups -OCH3 is 1. The zero-order chi connectivity index (χ0) is 21.3. The highest BCUT2D eigenvalue weighted by atomic mass is 35.5. The molecule has 0 radical (unpaired) electrons. The molecule has 1 atom stereocenters. The molecule has 0 saturated heterocycles. The van der Waals surface area contributed by atoms with Crippen LogP contribution in [0.25, 0.3) is 0 Å². The van der Waals surface area contributed by atoms with Crippen molar-refractivity contribution in [1.29, 1.82) is 0 Å². The average Bonchev–Trinajstić information content (AvgIpc) is 2.73. The van der Waals surface area contributed by atoms with E-state index in [4.69, 9.17) is 16.3 Å². The first-order valence-electron chi connectivity index (χ1n) is 9.47. The standard InChI is InChI=1S/C21H28ClN3O3S/c1-4-17(15-29(26,27)19-8-6-5-7-9-19)25-21(23-2)24-13-12-16-10-11-18(28-3)14-20(16)22/h5-11,14,17H,4,12-13,15H2,1-3H3,(H2,23,24,25). The number of hydrogen-bond donors (Lipinski definition) is 2. The van der Waals surface area contributed by atoms with Crippen molar-refractivity contribution in [2.45, 2.75) is 30.7 Å². The Morgan fingerprint density at radius 3 is 2.52 bits per heavy atom. The Hall–Kier alpha value is -2.25. The molecule has 0 saturated carbocycles. The predicted molar refractivity (Wildman–Crippen MR) is 119 cm³/mol. The van der Waals surface area contributed by atoms with Gasteiger partial charge in [0.2, 0.25) is 0 Å². The van der Waals surface area contributed by atoms with Gasteiger partial charge in [-0.1, -0.05) is 42.8 Å². The van der Waals surface area contributed by atoms with Crippen molar-refractivity contribution in [3.63, 3.8) is 0 Å². The van der Waals surface area contributed by atoms with Crippen LogP contribution in [0.15, 0.2) is 58.4 Å². The number of sulfone groups is 1. The third-order valence-corrected chi connectivity index (χ3v) is 6.71. The fourth-order valence-electron chi connectivity index (χ4n) is 2.81. The number of halogens is 1. The van der Waals surface area contributed by atoms with E-state index in [0.29, 0.717) is 35.3 Å². The quantitative estimate of drug-likeness (QED) is 0.464. The molecule has 29 heavy (non-hydrogen) atoms. The van der Waals surface area contributed by atoms with Crippen LogP contribution in [-0.2, 0) is 16.3 Å². The molecular formula is C21H28ClN3O3S. The fraction of sp³-hybridized carbons (Fsp3) is 0.381. The minimum atomic E-state index is -3.38. The molecule has 0 aliphatic carbocycles.